The molecule has 1 fully saturated rings. The van der Waals surface area contributed by atoms with E-state index in [2.05, 4.69) is 41.8 Å². The molecule has 0 atom stereocenters. The molecule has 0 aliphatic carbocycles. The highest BCUT2D eigenvalue weighted by molar-refractivity contribution is 9.10. The molecule has 0 bridgehead atoms. The van der Waals surface area contributed by atoms with Gasteiger partial charge in [0, 0.05) is 55.8 Å². The van der Waals surface area contributed by atoms with Gasteiger partial charge < -0.3 is 20.7 Å². The molecule has 7 nitrogen and oxygen atoms in total. The number of aliphatic imine (C=N–C) groups is 1. The summed E-state index contributed by atoms with van der Waals surface area (Å²) in [6, 6.07) is 7.36. The minimum Gasteiger partial charge on any atom is -0.379 e. The van der Waals surface area contributed by atoms with Gasteiger partial charge >= 0.3 is 0 Å². The van der Waals surface area contributed by atoms with Crippen LogP contribution in [0.4, 0.5) is 0 Å². The predicted molar refractivity (Wildman–Crippen MR) is 112 cm³/mol. The van der Waals surface area contributed by atoms with E-state index in [1.807, 2.05) is 25.1 Å². The molecule has 0 spiro atoms. The summed E-state index contributed by atoms with van der Waals surface area (Å²) in [6.45, 7) is 9.52. The second-order valence-electron chi connectivity index (χ2n) is 6.26. The van der Waals surface area contributed by atoms with Crippen LogP contribution >= 0.6 is 15.9 Å². The van der Waals surface area contributed by atoms with Crippen molar-refractivity contribution < 1.29 is 9.53 Å². The molecule has 0 radical (unpaired) electrons. The van der Waals surface area contributed by atoms with E-state index in [9.17, 15) is 4.79 Å². The van der Waals surface area contributed by atoms with Crippen molar-refractivity contribution in [3.05, 3.63) is 34.3 Å². The lowest BCUT2D eigenvalue weighted by Gasteiger charge is -2.26. The lowest BCUT2D eigenvalue weighted by molar-refractivity contribution is 0.0377. The monoisotopic (exact) mass is 439 g/mol. The summed E-state index contributed by atoms with van der Waals surface area (Å²) in [5.41, 5.74) is 0.646. The van der Waals surface area contributed by atoms with Crippen LogP contribution in [0.1, 0.15) is 23.7 Å². The molecule has 0 unspecified atom stereocenters. The maximum absolute atomic E-state index is 12.1. The Morgan fingerprint density at radius 2 is 2.00 bits per heavy atom. The zero-order valence-corrected chi connectivity index (χ0v) is 17.6. The summed E-state index contributed by atoms with van der Waals surface area (Å²) in [7, 11) is 0. The first-order valence-corrected chi connectivity index (χ1v) is 10.3. The minimum absolute atomic E-state index is 0.0782. The molecule has 3 N–H and O–H groups in total. The molecule has 1 saturated heterocycles. The normalized spacial score (nSPS) is 15.4. The molecule has 1 aromatic rings. The van der Waals surface area contributed by atoms with Gasteiger partial charge in [0.05, 0.1) is 13.2 Å². The van der Waals surface area contributed by atoms with Crippen LogP contribution in [0.5, 0.6) is 0 Å². The van der Waals surface area contributed by atoms with Gasteiger partial charge in [-0.1, -0.05) is 22.0 Å². The number of carbonyl (C=O) groups is 1. The van der Waals surface area contributed by atoms with E-state index in [0.717, 1.165) is 62.8 Å². The van der Waals surface area contributed by atoms with E-state index in [0.29, 0.717) is 18.7 Å². The van der Waals surface area contributed by atoms with Crippen molar-refractivity contribution in [2.24, 2.45) is 4.99 Å². The van der Waals surface area contributed by atoms with Gasteiger partial charge in [0.15, 0.2) is 5.96 Å². The van der Waals surface area contributed by atoms with Gasteiger partial charge in [-0.3, -0.25) is 14.7 Å². The number of hydrogen-bond donors (Lipinski definition) is 3. The van der Waals surface area contributed by atoms with Crippen molar-refractivity contribution in [3.8, 4) is 0 Å². The van der Waals surface area contributed by atoms with E-state index < -0.39 is 0 Å². The third-order valence-corrected chi connectivity index (χ3v) is 4.63. The summed E-state index contributed by atoms with van der Waals surface area (Å²) < 4.78 is 6.26. The van der Waals surface area contributed by atoms with Crippen molar-refractivity contribution in [3.63, 3.8) is 0 Å². The molecule has 1 heterocycles. The van der Waals surface area contributed by atoms with Crippen LogP contribution in [0.2, 0.25) is 0 Å². The van der Waals surface area contributed by atoms with Gasteiger partial charge in [-0.15, -0.1) is 0 Å². The molecule has 1 aliphatic rings. The number of nitrogens with zero attached hydrogens (tertiary/aromatic N) is 2. The smallest absolute Gasteiger partial charge is 0.251 e. The number of guanidine groups is 1. The molecule has 1 aliphatic heterocycles. The highest BCUT2D eigenvalue weighted by atomic mass is 79.9. The Hall–Kier alpha value is -1.64. The zero-order valence-electron chi connectivity index (χ0n) is 16.0. The predicted octanol–water partition coefficient (Wildman–Crippen LogP) is 1.46. The topological polar surface area (TPSA) is 78.0 Å². The van der Waals surface area contributed by atoms with E-state index in [4.69, 9.17) is 4.74 Å². The van der Waals surface area contributed by atoms with Crippen molar-refractivity contribution in [2.75, 3.05) is 59.0 Å². The number of benzene rings is 1. The second-order valence-corrected chi connectivity index (χ2v) is 7.18. The van der Waals surface area contributed by atoms with Crippen LogP contribution in [0.3, 0.4) is 0 Å². The third-order valence-electron chi connectivity index (χ3n) is 4.14. The third kappa shape index (κ3) is 8.73. The average molecular weight is 440 g/mol. The molecule has 150 valence electrons. The Morgan fingerprint density at radius 3 is 2.74 bits per heavy atom. The van der Waals surface area contributed by atoms with Gasteiger partial charge in [-0.25, -0.2) is 0 Å². The molecule has 1 aromatic carbocycles. The fourth-order valence-electron chi connectivity index (χ4n) is 2.74. The maximum Gasteiger partial charge on any atom is 0.251 e. The molecule has 27 heavy (non-hydrogen) atoms. The first-order valence-electron chi connectivity index (χ1n) is 9.55. The number of halogens is 1. The molecule has 0 saturated carbocycles. The van der Waals surface area contributed by atoms with Gasteiger partial charge in [0.2, 0.25) is 0 Å². The fraction of sp³-hybridized carbons (Fsp3) is 0.579. The second kappa shape index (κ2) is 12.7. The highest BCUT2D eigenvalue weighted by Gasteiger charge is 2.09. The van der Waals surface area contributed by atoms with E-state index in [-0.39, 0.29) is 5.91 Å². The van der Waals surface area contributed by atoms with E-state index in [1.54, 1.807) is 6.07 Å². The molecule has 2 rings (SSSR count). The number of amides is 1. The van der Waals surface area contributed by atoms with Crippen LogP contribution in [0.15, 0.2) is 33.7 Å². The maximum atomic E-state index is 12.1. The molecule has 0 aromatic heterocycles. The quantitative estimate of drug-likeness (QED) is 0.308. The molecular formula is C19H30BrN5O2. The number of ether oxygens (including phenoxy) is 1. The number of morpholine rings is 1. The Morgan fingerprint density at radius 1 is 1.22 bits per heavy atom. The SMILES string of the molecule is CCNC(=NCCCN1CCOCC1)NCCNC(=O)c1cccc(Br)c1. The number of rotatable bonds is 9. The fourth-order valence-corrected chi connectivity index (χ4v) is 3.14. The van der Waals surface area contributed by atoms with Gasteiger partial charge in [-0.05, 0) is 31.5 Å². The largest absolute Gasteiger partial charge is 0.379 e. The molecule has 8 heteroatoms. The van der Waals surface area contributed by atoms with Gasteiger partial charge in [-0.2, -0.15) is 0 Å². The van der Waals surface area contributed by atoms with Crippen LogP contribution < -0.4 is 16.0 Å². The molecule has 1 amide bonds. The Balaban J connectivity index is 1.64. The number of hydrogen-bond acceptors (Lipinski definition) is 4. The summed E-state index contributed by atoms with van der Waals surface area (Å²) in [4.78, 5) is 19.1. The Labute approximate surface area is 170 Å². The van der Waals surface area contributed by atoms with E-state index >= 15 is 0 Å². The van der Waals surface area contributed by atoms with Crippen molar-refractivity contribution in [1.29, 1.82) is 0 Å². The summed E-state index contributed by atoms with van der Waals surface area (Å²) in [5.74, 6) is 0.710. The first-order chi connectivity index (χ1) is 13.2. The number of carbonyl (C=O) groups excluding carboxylic acids is 1. The van der Waals surface area contributed by atoms with Crippen molar-refractivity contribution in [1.82, 2.24) is 20.9 Å². The molecular weight excluding hydrogens is 410 g/mol. The Kier molecular flexibility index (Phi) is 10.2. The number of nitrogens with one attached hydrogen (secondary N) is 3. The van der Waals surface area contributed by atoms with Gasteiger partial charge in [0.1, 0.15) is 0 Å². The minimum atomic E-state index is -0.0782. The Bertz CT molecular complexity index is 606. The lowest BCUT2D eigenvalue weighted by atomic mass is 10.2. The standard InChI is InChI=1S/C19H30BrN5O2/c1-2-21-19(23-7-4-10-25-11-13-27-14-12-25)24-9-8-22-18(26)16-5-3-6-17(20)15-16/h3,5-6,15H,2,4,7-14H2,1H3,(H,22,26)(H2,21,23,24). The lowest BCUT2D eigenvalue weighted by Crippen LogP contribution is -2.41. The summed E-state index contributed by atoms with van der Waals surface area (Å²) in [6.07, 6.45) is 1.02. The van der Waals surface area contributed by atoms with Crippen molar-refractivity contribution >= 4 is 27.8 Å². The first kappa shape index (κ1) is 21.7. The average Bonchev–Trinajstić information content (AvgIpc) is 2.69. The van der Waals surface area contributed by atoms with Gasteiger partial charge in [0.25, 0.3) is 5.91 Å². The van der Waals surface area contributed by atoms with Crippen molar-refractivity contribution in [2.45, 2.75) is 13.3 Å². The summed E-state index contributed by atoms with van der Waals surface area (Å²) in [5, 5.41) is 9.40. The zero-order chi connectivity index (χ0) is 19.3. The van der Waals surface area contributed by atoms with E-state index in [1.165, 1.54) is 0 Å². The van der Waals surface area contributed by atoms with Crippen LogP contribution in [0, 0.1) is 0 Å². The summed E-state index contributed by atoms with van der Waals surface area (Å²) >= 11 is 3.38. The van der Waals surface area contributed by atoms with Crippen LogP contribution in [-0.2, 0) is 4.74 Å². The van der Waals surface area contributed by atoms with Crippen LogP contribution in [-0.4, -0.2) is 75.8 Å². The van der Waals surface area contributed by atoms with Crippen LogP contribution in [0.25, 0.3) is 0 Å². The highest BCUT2D eigenvalue weighted by Crippen LogP contribution is 2.11.